The first-order chi connectivity index (χ1) is 6.65. The van der Waals surface area contributed by atoms with Crippen molar-refractivity contribution in [3.63, 3.8) is 0 Å². The lowest BCUT2D eigenvalue weighted by Gasteiger charge is -2.08. The lowest BCUT2D eigenvalue weighted by molar-refractivity contribution is -0.255. The zero-order chi connectivity index (χ0) is 10.6. The van der Waals surface area contributed by atoms with E-state index < -0.39 is 11.8 Å². The van der Waals surface area contributed by atoms with Crippen LogP contribution in [0.2, 0.25) is 0 Å². The van der Waals surface area contributed by atoms with Gasteiger partial charge in [0.2, 0.25) is 0 Å². The van der Waals surface area contributed by atoms with Crippen molar-refractivity contribution in [2.75, 3.05) is 12.4 Å². The molecule has 0 heterocycles. The molecular formula is C9H8FO3S-. The van der Waals surface area contributed by atoms with E-state index in [4.69, 9.17) is 4.74 Å². The van der Waals surface area contributed by atoms with E-state index in [-0.39, 0.29) is 17.9 Å². The summed E-state index contributed by atoms with van der Waals surface area (Å²) >= 11 is 3.88. The monoisotopic (exact) mass is 215 g/mol. The molecule has 0 fully saturated rings. The van der Waals surface area contributed by atoms with E-state index in [1.165, 1.54) is 0 Å². The zero-order valence-corrected chi connectivity index (χ0v) is 8.09. The highest BCUT2D eigenvalue weighted by atomic mass is 32.1. The van der Waals surface area contributed by atoms with Gasteiger partial charge in [-0.2, -0.15) is 12.6 Å². The first kappa shape index (κ1) is 10.8. The van der Waals surface area contributed by atoms with E-state index in [2.05, 4.69) is 12.6 Å². The Morgan fingerprint density at radius 2 is 2.29 bits per heavy atom. The molecule has 5 heteroatoms. The number of aromatic carboxylic acids is 1. The number of carboxylic acids is 1. The number of halogens is 1. The van der Waals surface area contributed by atoms with Crippen molar-refractivity contribution in [1.82, 2.24) is 0 Å². The third kappa shape index (κ3) is 2.63. The molecule has 1 aromatic carbocycles. The Balaban J connectivity index is 2.90. The van der Waals surface area contributed by atoms with E-state index in [0.29, 0.717) is 5.75 Å². The second-order valence-corrected chi connectivity index (χ2v) is 2.95. The number of carbonyl (C=O) groups is 1. The number of hydrogen-bond acceptors (Lipinski definition) is 4. The molecule has 0 radical (unpaired) electrons. The molecule has 0 saturated carbocycles. The number of carboxylic acid groups (broad SMARTS) is 1. The lowest BCUT2D eigenvalue weighted by Crippen LogP contribution is -2.22. The van der Waals surface area contributed by atoms with Gasteiger partial charge in [-0.25, -0.2) is 4.39 Å². The minimum Gasteiger partial charge on any atom is -0.545 e. The molecule has 0 aliphatic heterocycles. The summed E-state index contributed by atoms with van der Waals surface area (Å²) in [5.74, 6) is -1.63. The number of rotatable bonds is 4. The summed E-state index contributed by atoms with van der Waals surface area (Å²) < 4.78 is 17.9. The van der Waals surface area contributed by atoms with E-state index in [1.807, 2.05) is 0 Å². The maximum atomic E-state index is 13.0. The fourth-order valence-electron chi connectivity index (χ4n) is 0.897. The van der Waals surface area contributed by atoms with Crippen molar-refractivity contribution in [3.8, 4) is 5.75 Å². The maximum absolute atomic E-state index is 13.0. The number of ether oxygens (including phenoxy) is 1. The Hall–Kier alpha value is -1.23. The predicted octanol–water partition coefficient (Wildman–Crippen LogP) is 0.498. The first-order valence-corrected chi connectivity index (χ1v) is 4.53. The van der Waals surface area contributed by atoms with Crippen molar-refractivity contribution in [3.05, 3.63) is 29.6 Å². The highest BCUT2D eigenvalue weighted by molar-refractivity contribution is 7.80. The number of hydrogen-bond donors (Lipinski definition) is 1. The molecule has 0 amide bonds. The van der Waals surface area contributed by atoms with Crippen LogP contribution in [0.15, 0.2) is 18.2 Å². The molecule has 0 atom stereocenters. The third-order valence-electron chi connectivity index (χ3n) is 1.52. The van der Waals surface area contributed by atoms with Gasteiger partial charge < -0.3 is 14.6 Å². The van der Waals surface area contributed by atoms with Crippen LogP contribution in [0.5, 0.6) is 5.75 Å². The van der Waals surface area contributed by atoms with Gasteiger partial charge in [0.25, 0.3) is 0 Å². The van der Waals surface area contributed by atoms with Crippen molar-refractivity contribution < 1.29 is 19.0 Å². The smallest absolute Gasteiger partial charge is 0.165 e. The van der Waals surface area contributed by atoms with Crippen LogP contribution in [0.3, 0.4) is 0 Å². The molecule has 0 spiro atoms. The van der Waals surface area contributed by atoms with Gasteiger partial charge >= 0.3 is 0 Å². The molecule has 3 nitrogen and oxygen atoms in total. The minimum absolute atomic E-state index is 0.0965. The van der Waals surface area contributed by atoms with Crippen molar-refractivity contribution in [2.45, 2.75) is 0 Å². The largest absolute Gasteiger partial charge is 0.545 e. The van der Waals surface area contributed by atoms with Gasteiger partial charge in [0.05, 0.1) is 12.6 Å². The van der Waals surface area contributed by atoms with Crippen molar-refractivity contribution >= 4 is 18.6 Å². The number of benzene rings is 1. The molecule has 1 aromatic rings. The van der Waals surface area contributed by atoms with Gasteiger partial charge in [0, 0.05) is 11.3 Å². The van der Waals surface area contributed by atoms with Gasteiger partial charge in [-0.05, 0) is 18.2 Å². The van der Waals surface area contributed by atoms with Crippen LogP contribution in [0.1, 0.15) is 10.4 Å². The molecule has 0 aliphatic carbocycles. The Morgan fingerprint density at radius 3 is 2.86 bits per heavy atom. The number of carbonyl (C=O) groups excluding carboxylic acids is 1. The average molecular weight is 215 g/mol. The summed E-state index contributed by atoms with van der Waals surface area (Å²) in [6, 6.07) is 3.24. The van der Waals surface area contributed by atoms with Gasteiger partial charge in [-0.1, -0.05) is 0 Å². The van der Waals surface area contributed by atoms with E-state index >= 15 is 0 Å². The number of thiol groups is 1. The second-order valence-electron chi connectivity index (χ2n) is 2.50. The molecular weight excluding hydrogens is 207 g/mol. The van der Waals surface area contributed by atoms with Gasteiger partial charge in [0.1, 0.15) is 0 Å². The van der Waals surface area contributed by atoms with Crippen LogP contribution < -0.4 is 9.84 Å². The quantitative estimate of drug-likeness (QED) is 0.744. The molecule has 0 bridgehead atoms. The molecule has 1 rings (SSSR count). The summed E-state index contributed by atoms with van der Waals surface area (Å²) in [4.78, 5) is 10.4. The molecule has 0 N–H and O–H groups in total. The van der Waals surface area contributed by atoms with Crippen LogP contribution in [-0.2, 0) is 0 Å². The molecule has 14 heavy (non-hydrogen) atoms. The van der Waals surface area contributed by atoms with E-state index in [0.717, 1.165) is 18.2 Å². The van der Waals surface area contributed by atoms with Crippen molar-refractivity contribution in [1.29, 1.82) is 0 Å². The molecule has 0 aromatic heterocycles. The first-order valence-electron chi connectivity index (χ1n) is 3.89. The van der Waals surface area contributed by atoms with Crippen LogP contribution in [0.4, 0.5) is 4.39 Å². The van der Waals surface area contributed by atoms with Crippen LogP contribution in [-0.4, -0.2) is 18.3 Å². The Kier molecular flexibility index (Phi) is 3.76. The minimum atomic E-state index is -1.36. The van der Waals surface area contributed by atoms with Crippen LogP contribution >= 0.6 is 12.6 Å². The molecule has 0 saturated heterocycles. The van der Waals surface area contributed by atoms with Gasteiger partial charge in [0.15, 0.2) is 11.6 Å². The van der Waals surface area contributed by atoms with E-state index in [1.54, 1.807) is 0 Å². The van der Waals surface area contributed by atoms with Crippen molar-refractivity contribution in [2.24, 2.45) is 0 Å². The highest BCUT2D eigenvalue weighted by Crippen LogP contribution is 2.18. The zero-order valence-electron chi connectivity index (χ0n) is 7.20. The second kappa shape index (κ2) is 4.85. The summed E-state index contributed by atoms with van der Waals surface area (Å²) in [6.45, 7) is 0.219. The maximum Gasteiger partial charge on any atom is 0.165 e. The van der Waals surface area contributed by atoms with Crippen LogP contribution in [0, 0.1) is 5.82 Å². The van der Waals surface area contributed by atoms with E-state index in [9.17, 15) is 14.3 Å². The topological polar surface area (TPSA) is 49.4 Å². The molecule has 0 aliphatic rings. The Labute approximate surface area is 85.9 Å². The normalized spacial score (nSPS) is 9.86. The fourth-order valence-corrected chi connectivity index (χ4v) is 0.988. The highest BCUT2D eigenvalue weighted by Gasteiger charge is 2.04. The Bertz CT molecular complexity index is 341. The average Bonchev–Trinajstić information content (AvgIpc) is 2.16. The van der Waals surface area contributed by atoms with Gasteiger partial charge in [-0.15, -0.1) is 0 Å². The summed E-state index contributed by atoms with van der Waals surface area (Å²) in [7, 11) is 0. The third-order valence-corrected chi connectivity index (χ3v) is 1.70. The van der Waals surface area contributed by atoms with Gasteiger partial charge in [-0.3, -0.25) is 0 Å². The molecule has 0 unspecified atom stereocenters. The fraction of sp³-hybridized carbons (Fsp3) is 0.222. The summed E-state index contributed by atoms with van der Waals surface area (Å²) in [6.07, 6.45) is 0. The summed E-state index contributed by atoms with van der Waals surface area (Å²) in [5.41, 5.74) is -0.111. The SMILES string of the molecule is O=C([O-])c1ccc(F)c(OCCS)c1. The van der Waals surface area contributed by atoms with Crippen LogP contribution in [0.25, 0.3) is 0 Å². The Morgan fingerprint density at radius 1 is 1.57 bits per heavy atom. The summed E-state index contributed by atoms with van der Waals surface area (Å²) in [5, 5.41) is 10.4. The lowest BCUT2D eigenvalue weighted by atomic mass is 10.2. The standard InChI is InChI=1S/C9H9FO3S/c10-7-2-1-6(9(11)12)5-8(7)13-3-4-14/h1-2,5,14H,3-4H2,(H,11,12)/p-1. The predicted molar refractivity (Wildman–Crippen MR) is 50.1 cm³/mol. The molecule has 76 valence electrons.